The van der Waals surface area contributed by atoms with Crippen LogP contribution in [-0.4, -0.2) is 58.5 Å². The Kier molecular flexibility index (Phi) is 4.69. The van der Waals surface area contributed by atoms with E-state index in [0.717, 1.165) is 22.2 Å². The summed E-state index contributed by atoms with van der Waals surface area (Å²) < 4.78 is 16.1. The van der Waals surface area contributed by atoms with Crippen LogP contribution in [0.5, 0.6) is 5.88 Å². The number of aryl methyl sites for hydroxylation is 3. The molecule has 1 aromatic carbocycles. The fourth-order valence-corrected chi connectivity index (χ4v) is 2.73. The smallest absolute Gasteiger partial charge is 0.236 e. The van der Waals surface area contributed by atoms with E-state index < -0.39 is 24.6 Å². The maximum absolute atomic E-state index is 9.97. The van der Waals surface area contributed by atoms with Crippen molar-refractivity contribution in [3.63, 3.8) is 0 Å². The normalized spacial score (nSPS) is 26.9. The summed E-state index contributed by atoms with van der Waals surface area (Å²) in [6, 6.07) is 3.97. The van der Waals surface area contributed by atoms with Gasteiger partial charge in [-0.25, -0.2) is 9.97 Å². The molecule has 2 N–H and O–H groups in total. The Bertz CT molecular complexity index is 751. The summed E-state index contributed by atoms with van der Waals surface area (Å²) in [6.07, 6.45) is -3.73. The van der Waals surface area contributed by atoms with Crippen LogP contribution >= 0.6 is 0 Å². The highest BCUT2D eigenvalue weighted by molar-refractivity contribution is 5.77. The summed E-state index contributed by atoms with van der Waals surface area (Å²) in [5.74, 6) is 0.386. The Labute approximate surface area is 140 Å². The van der Waals surface area contributed by atoms with Crippen LogP contribution in [0.2, 0.25) is 0 Å². The Morgan fingerprint density at radius 2 is 1.67 bits per heavy atom. The van der Waals surface area contributed by atoms with Crippen molar-refractivity contribution in [1.29, 1.82) is 0 Å². The van der Waals surface area contributed by atoms with Crippen LogP contribution in [0, 0.1) is 20.8 Å². The monoisotopic (exact) mass is 334 g/mol. The van der Waals surface area contributed by atoms with Crippen molar-refractivity contribution < 1.29 is 24.4 Å². The van der Waals surface area contributed by atoms with Crippen molar-refractivity contribution in [3.8, 4) is 5.88 Å². The number of hydrogen-bond acceptors (Lipinski definition) is 7. The second-order valence-electron chi connectivity index (χ2n) is 6.11. The highest BCUT2D eigenvalue weighted by Gasteiger charge is 2.43. The van der Waals surface area contributed by atoms with Gasteiger partial charge >= 0.3 is 0 Å². The Hall–Kier alpha value is -1.80. The molecule has 0 spiro atoms. The van der Waals surface area contributed by atoms with Crippen LogP contribution in [0.15, 0.2) is 12.1 Å². The number of aliphatic hydroxyl groups excluding tert-OH is 2. The van der Waals surface area contributed by atoms with Gasteiger partial charge in [-0.05, 0) is 44.0 Å². The first-order valence-corrected chi connectivity index (χ1v) is 7.83. The zero-order valence-corrected chi connectivity index (χ0v) is 14.2. The fraction of sp³-hybridized carbons (Fsp3) is 0.529. The van der Waals surface area contributed by atoms with Gasteiger partial charge in [0.2, 0.25) is 5.88 Å². The number of fused-ring (bicyclic) bond motifs is 1. The van der Waals surface area contributed by atoms with Crippen molar-refractivity contribution in [1.82, 2.24) is 9.97 Å². The van der Waals surface area contributed by atoms with Gasteiger partial charge in [-0.2, -0.15) is 0 Å². The van der Waals surface area contributed by atoms with E-state index in [4.69, 9.17) is 14.2 Å². The van der Waals surface area contributed by atoms with Gasteiger partial charge in [0.25, 0.3) is 0 Å². The molecule has 0 unspecified atom stereocenters. The Balaban J connectivity index is 1.78. The molecular formula is C17H22N2O5. The second kappa shape index (κ2) is 6.60. The largest absolute Gasteiger partial charge is 0.473 e. The van der Waals surface area contributed by atoms with Crippen LogP contribution in [0.3, 0.4) is 0 Å². The summed E-state index contributed by atoms with van der Waals surface area (Å²) in [4.78, 5) is 9.03. The summed E-state index contributed by atoms with van der Waals surface area (Å²) in [7, 11) is 1.41. The third-order valence-corrected chi connectivity index (χ3v) is 4.35. The van der Waals surface area contributed by atoms with Crippen molar-refractivity contribution in [3.05, 3.63) is 29.0 Å². The van der Waals surface area contributed by atoms with Gasteiger partial charge in [0.05, 0.1) is 11.0 Å². The van der Waals surface area contributed by atoms with E-state index in [9.17, 15) is 10.2 Å². The number of ether oxygens (including phenoxy) is 3. The SMILES string of the molecule is CO[C@@H]1O[C@H](COc2nc3cc(C)c(C)cc3nc2C)[C@@H](O)[C@H]1O. The van der Waals surface area contributed by atoms with E-state index in [2.05, 4.69) is 9.97 Å². The van der Waals surface area contributed by atoms with E-state index >= 15 is 0 Å². The van der Waals surface area contributed by atoms with Crippen LogP contribution < -0.4 is 4.74 Å². The lowest BCUT2D eigenvalue weighted by molar-refractivity contribution is -0.152. The maximum Gasteiger partial charge on any atom is 0.236 e. The van der Waals surface area contributed by atoms with Crippen molar-refractivity contribution in [2.75, 3.05) is 13.7 Å². The van der Waals surface area contributed by atoms with Gasteiger partial charge < -0.3 is 24.4 Å². The lowest BCUT2D eigenvalue weighted by atomic mass is 10.1. The van der Waals surface area contributed by atoms with E-state index in [-0.39, 0.29) is 6.61 Å². The van der Waals surface area contributed by atoms with Crippen molar-refractivity contribution in [2.24, 2.45) is 0 Å². The van der Waals surface area contributed by atoms with Crippen LogP contribution in [-0.2, 0) is 9.47 Å². The van der Waals surface area contributed by atoms with Gasteiger partial charge in [-0.15, -0.1) is 0 Å². The zero-order chi connectivity index (χ0) is 17.4. The molecule has 0 amide bonds. The number of benzene rings is 1. The molecule has 7 heteroatoms. The summed E-state index contributed by atoms with van der Waals surface area (Å²) in [5.41, 5.74) is 4.51. The predicted octanol–water partition coefficient (Wildman–Crippen LogP) is 1.03. The lowest BCUT2D eigenvalue weighted by Gasteiger charge is -2.16. The number of rotatable bonds is 4. The molecule has 0 radical (unpaired) electrons. The fourth-order valence-electron chi connectivity index (χ4n) is 2.73. The topological polar surface area (TPSA) is 93.9 Å². The molecule has 130 valence electrons. The third-order valence-electron chi connectivity index (χ3n) is 4.35. The van der Waals surface area contributed by atoms with Crippen molar-refractivity contribution in [2.45, 2.75) is 45.4 Å². The summed E-state index contributed by atoms with van der Waals surface area (Å²) in [5, 5.41) is 19.8. The molecule has 0 saturated carbocycles. The van der Waals surface area contributed by atoms with E-state index in [0.29, 0.717) is 11.6 Å². The quantitative estimate of drug-likeness (QED) is 0.862. The number of hydrogen-bond donors (Lipinski definition) is 2. The molecule has 2 aromatic rings. The minimum Gasteiger partial charge on any atom is -0.473 e. The van der Waals surface area contributed by atoms with Gasteiger partial charge in [0, 0.05) is 7.11 Å². The molecule has 0 bridgehead atoms. The lowest BCUT2D eigenvalue weighted by Crippen LogP contribution is -2.35. The Morgan fingerprint density at radius 1 is 1.04 bits per heavy atom. The maximum atomic E-state index is 9.97. The van der Waals surface area contributed by atoms with Crippen LogP contribution in [0.4, 0.5) is 0 Å². The minimum absolute atomic E-state index is 0.0456. The molecular weight excluding hydrogens is 312 g/mol. The molecule has 1 saturated heterocycles. The summed E-state index contributed by atoms with van der Waals surface area (Å²) >= 11 is 0. The van der Waals surface area contributed by atoms with E-state index in [1.165, 1.54) is 7.11 Å². The zero-order valence-electron chi connectivity index (χ0n) is 14.2. The molecule has 24 heavy (non-hydrogen) atoms. The summed E-state index contributed by atoms with van der Waals surface area (Å²) in [6.45, 7) is 5.91. The van der Waals surface area contributed by atoms with E-state index in [1.807, 2.05) is 32.9 Å². The van der Waals surface area contributed by atoms with Crippen LogP contribution in [0.1, 0.15) is 16.8 Å². The molecule has 1 fully saturated rings. The Morgan fingerprint density at radius 3 is 2.25 bits per heavy atom. The first kappa shape index (κ1) is 17.0. The van der Waals surface area contributed by atoms with Gasteiger partial charge in [-0.1, -0.05) is 0 Å². The molecule has 7 nitrogen and oxygen atoms in total. The predicted molar refractivity (Wildman–Crippen MR) is 86.9 cm³/mol. The number of aromatic nitrogens is 2. The second-order valence-corrected chi connectivity index (χ2v) is 6.11. The number of aliphatic hydroxyl groups is 2. The van der Waals surface area contributed by atoms with Crippen LogP contribution in [0.25, 0.3) is 11.0 Å². The van der Waals surface area contributed by atoms with Crippen molar-refractivity contribution >= 4 is 11.0 Å². The first-order chi connectivity index (χ1) is 11.4. The highest BCUT2D eigenvalue weighted by Crippen LogP contribution is 2.25. The molecule has 2 heterocycles. The molecule has 1 aliphatic heterocycles. The number of methoxy groups -OCH3 is 1. The van der Waals surface area contributed by atoms with Gasteiger partial charge in [0.1, 0.15) is 30.6 Å². The first-order valence-electron chi connectivity index (χ1n) is 7.83. The average Bonchev–Trinajstić information content (AvgIpc) is 2.82. The highest BCUT2D eigenvalue weighted by atomic mass is 16.7. The van der Waals surface area contributed by atoms with Gasteiger partial charge in [0.15, 0.2) is 6.29 Å². The molecule has 3 rings (SSSR count). The molecule has 1 aromatic heterocycles. The average molecular weight is 334 g/mol. The standard InChI is InChI=1S/C17H22N2O5/c1-8-5-11-12(6-9(8)2)19-16(10(3)18-11)23-7-13-14(20)15(21)17(22-4)24-13/h5-6,13-15,17,20-21H,7H2,1-4H3/t13-,14-,15-,17-/m1/s1. The minimum atomic E-state index is -1.10. The third kappa shape index (κ3) is 3.08. The molecule has 4 atom stereocenters. The van der Waals surface area contributed by atoms with Gasteiger partial charge in [-0.3, -0.25) is 0 Å². The molecule has 1 aliphatic rings. The van der Waals surface area contributed by atoms with E-state index in [1.54, 1.807) is 0 Å². The number of nitrogens with zero attached hydrogens (tertiary/aromatic N) is 2. The molecule has 0 aliphatic carbocycles.